The van der Waals surface area contributed by atoms with E-state index in [1.54, 1.807) is 13.8 Å². The second-order valence-corrected chi connectivity index (χ2v) is 3.51. The van der Waals surface area contributed by atoms with Gasteiger partial charge in [-0.2, -0.15) is 13.2 Å². The van der Waals surface area contributed by atoms with Crippen molar-refractivity contribution in [1.29, 1.82) is 0 Å². The Morgan fingerprint density at radius 2 is 1.40 bits per heavy atom. The van der Waals surface area contributed by atoms with Crippen molar-refractivity contribution in [2.45, 2.75) is 25.9 Å². The molecule has 15 heavy (non-hydrogen) atoms. The Kier molecular flexibility index (Phi) is 3.02. The fraction of sp³-hybridized carbons (Fsp3) is 0.400. The second-order valence-electron chi connectivity index (χ2n) is 3.51. The van der Waals surface area contributed by atoms with Gasteiger partial charge in [-0.15, -0.1) is 0 Å². The third kappa shape index (κ3) is 2.46. The highest BCUT2D eigenvalue weighted by atomic mass is 19.4. The largest absolute Gasteiger partial charge is 0.422 e. The van der Waals surface area contributed by atoms with Gasteiger partial charge in [-0.05, 0) is 23.6 Å². The lowest BCUT2D eigenvalue weighted by Gasteiger charge is -2.12. The van der Waals surface area contributed by atoms with Crippen LogP contribution in [0.2, 0.25) is 0 Å². The highest BCUT2D eigenvalue weighted by molar-refractivity contribution is 5.29. The van der Waals surface area contributed by atoms with Crippen LogP contribution in [0.1, 0.15) is 30.9 Å². The molecule has 1 aromatic rings. The van der Waals surface area contributed by atoms with E-state index in [-0.39, 0.29) is 11.5 Å². The quantitative estimate of drug-likeness (QED) is 0.630. The molecule has 0 aliphatic heterocycles. The molecule has 0 amide bonds. The van der Waals surface area contributed by atoms with Crippen LogP contribution in [0, 0.1) is 11.6 Å². The van der Waals surface area contributed by atoms with Gasteiger partial charge in [0, 0.05) is 0 Å². The average molecular weight is 224 g/mol. The Labute approximate surface area is 83.7 Å². The third-order valence-corrected chi connectivity index (χ3v) is 2.01. The molecule has 1 aromatic carbocycles. The van der Waals surface area contributed by atoms with E-state index in [1.807, 2.05) is 0 Å². The molecule has 0 heterocycles. The summed E-state index contributed by atoms with van der Waals surface area (Å²) in [6, 6.07) is 1.44. The zero-order chi connectivity index (χ0) is 11.8. The SMILES string of the molecule is CC(C)c1cc(F)c(C(F)(F)F)c(F)c1. The maximum atomic E-state index is 13.0. The van der Waals surface area contributed by atoms with E-state index in [9.17, 15) is 22.0 Å². The van der Waals surface area contributed by atoms with Crippen LogP contribution < -0.4 is 0 Å². The summed E-state index contributed by atoms with van der Waals surface area (Å²) in [4.78, 5) is 0. The molecule has 0 nitrogen and oxygen atoms in total. The van der Waals surface area contributed by atoms with Crippen molar-refractivity contribution in [3.63, 3.8) is 0 Å². The van der Waals surface area contributed by atoms with Crippen LogP contribution in [0.5, 0.6) is 0 Å². The van der Waals surface area contributed by atoms with Gasteiger partial charge in [-0.25, -0.2) is 8.78 Å². The Balaban J connectivity index is 3.34. The molecule has 5 heteroatoms. The van der Waals surface area contributed by atoms with Crippen molar-refractivity contribution < 1.29 is 22.0 Å². The molecule has 1 rings (SSSR count). The summed E-state index contributed by atoms with van der Waals surface area (Å²) in [6.45, 7) is 3.28. The Morgan fingerprint density at radius 1 is 1.00 bits per heavy atom. The molecule has 0 bridgehead atoms. The van der Waals surface area contributed by atoms with E-state index >= 15 is 0 Å². The molecule has 0 atom stereocenters. The van der Waals surface area contributed by atoms with Crippen LogP contribution in [-0.4, -0.2) is 0 Å². The Hall–Kier alpha value is -1.13. The average Bonchev–Trinajstić information content (AvgIpc) is 1.99. The van der Waals surface area contributed by atoms with Crippen molar-refractivity contribution in [1.82, 2.24) is 0 Å². The monoisotopic (exact) mass is 224 g/mol. The predicted octanol–water partition coefficient (Wildman–Crippen LogP) is 4.11. The van der Waals surface area contributed by atoms with Crippen molar-refractivity contribution in [3.8, 4) is 0 Å². The summed E-state index contributed by atoms with van der Waals surface area (Å²) in [6.07, 6.45) is -5.00. The van der Waals surface area contributed by atoms with Crippen LogP contribution in [0.15, 0.2) is 12.1 Å². The lowest BCUT2D eigenvalue weighted by Crippen LogP contribution is -2.12. The van der Waals surface area contributed by atoms with Crippen LogP contribution in [0.3, 0.4) is 0 Å². The summed E-state index contributed by atoms with van der Waals surface area (Å²) in [5, 5.41) is 0. The fourth-order valence-electron chi connectivity index (χ4n) is 1.20. The Bertz CT molecular complexity index is 342. The molecular formula is C10H9F5. The number of halogens is 5. The number of hydrogen-bond donors (Lipinski definition) is 0. The van der Waals surface area contributed by atoms with Gasteiger partial charge >= 0.3 is 6.18 Å². The van der Waals surface area contributed by atoms with E-state index in [0.717, 1.165) is 12.1 Å². The number of alkyl halides is 3. The minimum absolute atomic E-state index is 0.206. The highest BCUT2D eigenvalue weighted by Gasteiger charge is 2.37. The number of rotatable bonds is 1. The first-order valence-corrected chi connectivity index (χ1v) is 4.29. The van der Waals surface area contributed by atoms with Crippen LogP contribution in [0.25, 0.3) is 0 Å². The molecule has 0 N–H and O–H groups in total. The standard InChI is InChI=1S/C10H9F5/c1-5(2)6-3-7(11)9(8(12)4-6)10(13,14)15/h3-5H,1-2H3. The summed E-state index contributed by atoms with van der Waals surface area (Å²) < 4.78 is 62.5. The first kappa shape index (κ1) is 11.9. The Morgan fingerprint density at radius 3 is 1.67 bits per heavy atom. The molecule has 0 aliphatic carbocycles. The van der Waals surface area contributed by atoms with Gasteiger partial charge in [0.2, 0.25) is 0 Å². The van der Waals surface area contributed by atoms with Gasteiger partial charge < -0.3 is 0 Å². The zero-order valence-corrected chi connectivity index (χ0v) is 8.12. The van der Waals surface area contributed by atoms with E-state index in [2.05, 4.69) is 0 Å². The first-order chi connectivity index (χ1) is 6.73. The topological polar surface area (TPSA) is 0 Å². The van der Waals surface area contributed by atoms with Gasteiger partial charge in [0.15, 0.2) is 0 Å². The summed E-state index contributed by atoms with van der Waals surface area (Å²) in [7, 11) is 0. The summed E-state index contributed by atoms with van der Waals surface area (Å²) in [5.41, 5.74) is -1.62. The second kappa shape index (κ2) is 3.79. The fourth-order valence-corrected chi connectivity index (χ4v) is 1.20. The summed E-state index contributed by atoms with van der Waals surface area (Å²) in [5.74, 6) is -3.35. The molecule has 0 aliphatic rings. The van der Waals surface area contributed by atoms with E-state index in [4.69, 9.17) is 0 Å². The van der Waals surface area contributed by atoms with Gasteiger partial charge in [-0.1, -0.05) is 13.8 Å². The van der Waals surface area contributed by atoms with Gasteiger partial charge in [0.1, 0.15) is 17.2 Å². The number of benzene rings is 1. The minimum atomic E-state index is -5.00. The molecule has 0 spiro atoms. The molecule has 0 saturated carbocycles. The summed E-state index contributed by atoms with van der Waals surface area (Å²) >= 11 is 0. The van der Waals surface area contributed by atoms with E-state index in [1.165, 1.54) is 0 Å². The van der Waals surface area contributed by atoms with Crippen molar-refractivity contribution in [2.24, 2.45) is 0 Å². The first-order valence-electron chi connectivity index (χ1n) is 4.29. The molecule has 0 aromatic heterocycles. The van der Waals surface area contributed by atoms with Crippen LogP contribution in [-0.2, 0) is 6.18 Å². The lowest BCUT2D eigenvalue weighted by atomic mass is 10.0. The smallest absolute Gasteiger partial charge is 0.206 e. The predicted molar refractivity (Wildman–Crippen MR) is 45.4 cm³/mol. The molecule has 0 fully saturated rings. The zero-order valence-electron chi connectivity index (χ0n) is 8.12. The maximum Gasteiger partial charge on any atom is 0.422 e. The van der Waals surface area contributed by atoms with Crippen LogP contribution in [0.4, 0.5) is 22.0 Å². The minimum Gasteiger partial charge on any atom is -0.206 e. The molecule has 84 valence electrons. The van der Waals surface area contributed by atoms with E-state index in [0.29, 0.717) is 0 Å². The normalized spacial score (nSPS) is 12.3. The molecule has 0 saturated heterocycles. The van der Waals surface area contributed by atoms with Gasteiger partial charge in [0.05, 0.1) is 0 Å². The lowest BCUT2D eigenvalue weighted by molar-refractivity contribution is -0.142. The number of hydrogen-bond acceptors (Lipinski definition) is 0. The van der Waals surface area contributed by atoms with Gasteiger partial charge in [-0.3, -0.25) is 0 Å². The van der Waals surface area contributed by atoms with Crippen LogP contribution >= 0.6 is 0 Å². The van der Waals surface area contributed by atoms with Crippen molar-refractivity contribution in [2.75, 3.05) is 0 Å². The maximum absolute atomic E-state index is 13.0. The van der Waals surface area contributed by atoms with Crippen molar-refractivity contribution >= 4 is 0 Å². The van der Waals surface area contributed by atoms with Gasteiger partial charge in [0.25, 0.3) is 0 Å². The van der Waals surface area contributed by atoms with Crippen molar-refractivity contribution in [3.05, 3.63) is 34.9 Å². The highest BCUT2D eigenvalue weighted by Crippen LogP contribution is 2.34. The molecule has 0 unspecified atom stereocenters. The molecule has 0 radical (unpaired) electrons. The third-order valence-electron chi connectivity index (χ3n) is 2.01. The van der Waals surface area contributed by atoms with E-state index < -0.39 is 23.4 Å². The molecular weight excluding hydrogens is 215 g/mol.